The number of piperidine rings is 1. The van der Waals surface area contributed by atoms with Gasteiger partial charge in [0.1, 0.15) is 5.54 Å². The molecule has 2 aromatic rings. The maximum Gasteiger partial charge on any atom is 0.513 e. The second-order valence-corrected chi connectivity index (χ2v) is 8.43. The van der Waals surface area contributed by atoms with Gasteiger partial charge in [0.15, 0.2) is 5.76 Å². The number of para-hydroxylation sites is 1. The highest BCUT2D eigenvalue weighted by Crippen LogP contribution is 2.49. The third kappa shape index (κ3) is 4.14. The van der Waals surface area contributed by atoms with Gasteiger partial charge in [-0.1, -0.05) is 42.0 Å². The standard InChI is InChI=1S/C26H30N2O5/c1-5-32-25(30)33-23-22(21-12-11-18(2)17-19(21)3)24(29)28(20-9-7-6-8-10-20)26(23)13-15-27(31-4)16-14-26/h6-12,17H,5,13-16H2,1-4H3. The Hall–Kier alpha value is -3.16. The molecule has 0 bridgehead atoms. The molecule has 0 aromatic heterocycles. The van der Waals surface area contributed by atoms with Crippen molar-refractivity contribution in [2.45, 2.75) is 39.2 Å². The molecule has 1 fully saturated rings. The van der Waals surface area contributed by atoms with Gasteiger partial charge in [-0.2, -0.15) is 5.06 Å². The number of hydrogen-bond acceptors (Lipinski definition) is 6. The highest BCUT2D eigenvalue weighted by Gasteiger charge is 2.56. The van der Waals surface area contributed by atoms with Crippen molar-refractivity contribution in [3.63, 3.8) is 0 Å². The molecule has 174 valence electrons. The fraction of sp³-hybridized carbons (Fsp3) is 0.385. The number of carbonyl (C=O) groups is 2. The van der Waals surface area contributed by atoms with E-state index in [0.717, 1.165) is 22.4 Å². The van der Waals surface area contributed by atoms with E-state index in [1.165, 1.54) is 0 Å². The molecule has 2 aromatic carbocycles. The van der Waals surface area contributed by atoms with Crippen LogP contribution in [0.2, 0.25) is 0 Å². The topological polar surface area (TPSA) is 68.3 Å². The minimum Gasteiger partial charge on any atom is -0.434 e. The summed E-state index contributed by atoms with van der Waals surface area (Å²) < 4.78 is 11.0. The molecular weight excluding hydrogens is 420 g/mol. The molecule has 2 aliphatic rings. The highest BCUT2D eigenvalue weighted by atomic mass is 16.7. The lowest BCUT2D eigenvalue weighted by Crippen LogP contribution is -2.55. The molecule has 7 nitrogen and oxygen atoms in total. The first-order valence-electron chi connectivity index (χ1n) is 11.3. The molecule has 2 heterocycles. The summed E-state index contributed by atoms with van der Waals surface area (Å²) in [6.07, 6.45) is 0.293. The van der Waals surface area contributed by atoms with Crippen molar-refractivity contribution in [2.24, 2.45) is 0 Å². The van der Waals surface area contributed by atoms with Gasteiger partial charge in [0.05, 0.1) is 19.3 Å². The van der Waals surface area contributed by atoms with Crippen LogP contribution in [0.3, 0.4) is 0 Å². The van der Waals surface area contributed by atoms with Gasteiger partial charge in [-0.15, -0.1) is 0 Å². The Labute approximate surface area is 194 Å². The van der Waals surface area contributed by atoms with Gasteiger partial charge in [-0.05, 0) is 56.9 Å². The average Bonchev–Trinajstić information content (AvgIpc) is 3.02. The molecule has 7 heteroatoms. The van der Waals surface area contributed by atoms with Crippen LogP contribution in [0, 0.1) is 13.8 Å². The van der Waals surface area contributed by atoms with Crippen LogP contribution in [-0.2, 0) is 19.1 Å². The predicted octanol–water partition coefficient (Wildman–Crippen LogP) is 4.63. The molecule has 0 unspecified atom stereocenters. The Morgan fingerprint density at radius 1 is 1.06 bits per heavy atom. The van der Waals surface area contributed by atoms with Crippen LogP contribution >= 0.6 is 0 Å². The Bertz CT molecular complexity index is 1070. The van der Waals surface area contributed by atoms with Crippen LogP contribution in [0.25, 0.3) is 5.57 Å². The molecule has 0 N–H and O–H groups in total. The Balaban J connectivity index is 1.93. The third-order valence-electron chi connectivity index (χ3n) is 6.42. The van der Waals surface area contributed by atoms with Gasteiger partial charge >= 0.3 is 6.16 Å². The van der Waals surface area contributed by atoms with Crippen molar-refractivity contribution in [2.75, 3.05) is 31.7 Å². The molecular formula is C26H30N2O5. The highest BCUT2D eigenvalue weighted by molar-refractivity contribution is 6.31. The van der Waals surface area contributed by atoms with Crippen LogP contribution in [0.4, 0.5) is 10.5 Å². The largest absolute Gasteiger partial charge is 0.513 e. The molecule has 0 radical (unpaired) electrons. The van der Waals surface area contributed by atoms with Gasteiger partial charge in [-0.25, -0.2) is 4.79 Å². The summed E-state index contributed by atoms with van der Waals surface area (Å²) in [5.41, 5.74) is 3.15. The molecule has 2 aliphatic heterocycles. The lowest BCUT2D eigenvalue weighted by molar-refractivity contribution is -0.150. The zero-order chi connectivity index (χ0) is 23.6. The summed E-state index contributed by atoms with van der Waals surface area (Å²) in [5, 5.41) is 1.86. The Morgan fingerprint density at radius 2 is 1.76 bits per heavy atom. The number of carbonyl (C=O) groups excluding carboxylic acids is 2. The number of amides is 1. The summed E-state index contributed by atoms with van der Waals surface area (Å²) in [4.78, 5) is 33.9. The quantitative estimate of drug-likeness (QED) is 0.619. The van der Waals surface area contributed by atoms with E-state index in [1.807, 2.05) is 67.4 Å². The number of rotatable bonds is 5. The van der Waals surface area contributed by atoms with Crippen LogP contribution in [0.15, 0.2) is 54.3 Å². The normalized spacial score (nSPS) is 18.2. The van der Waals surface area contributed by atoms with Crippen molar-refractivity contribution in [3.05, 3.63) is 71.0 Å². The number of benzene rings is 2. The lowest BCUT2D eigenvalue weighted by Gasteiger charge is -2.44. The van der Waals surface area contributed by atoms with Crippen molar-refractivity contribution < 1.29 is 23.9 Å². The predicted molar refractivity (Wildman–Crippen MR) is 125 cm³/mol. The van der Waals surface area contributed by atoms with Crippen LogP contribution in [0.5, 0.6) is 0 Å². The van der Waals surface area contributed by atoms with Crippen molar-refractivity contribution >= 4 is 23.3 Å². The smallest absolute Gasteiger partial charge is 0.434 e. The number of nitrogens with zero attached hydrogens (tertiary/aromatic N) is 2. The molecule has 33 heavy (non-hydrogen) atoms. The first kappa shape index (κ1) is 23.0. The van der Waals surface area contributed by atoms with Crippen molar-refractivity contribution in [1.29, 1.82) is 0 Å². The van der Waals surface area contributed by atoms with Gasteiger partial charge in [0, 0.05) is 18.8 Å². The van der Waals surface area contributed by atoms with Crippen molar-refractivity contribution in [1.82, 2.24) is 5.06 Å². The SMILES string of the molecule is CCOC(=O)OC1=C(c2ccc(C)cc2C)C(=O)N(c2ccccc2)C12CCN(OC)CC2. The van der Waals surface area contributed by atoms with E-state index in [4.69, 9.17) is 14.3 Å². The Kier molecular flexibility index (Phi) is 6.54. The van der Waals surface area contributed by atoms with Crippen LogP contribution < -0.4 is 4.90 Å². The summed E-state index contributed by atoms with van der Waals surface area (Å²) in [5.74, 6) is 0.177. The lowest BCUT2D eigenvalue weighted by atomic mass is 9.84. The second kappa shape index (κ2) is 9.37. The van der Waals surface area contributed by atoms with Gasteiger partial charge in [0.25, 0.3) is 5.91 Å². The van der Waals surface area contributed by atoms with E-state index >= 15 is 0 Å². The molecule has 0 atom stereocenters. The first-order chi connectivity index (χ1) is 15.9. The molecule has 1 amide bonds. The summed E-state index contributed by atoms with van der Waals surface area (Å²) in [7, 11) is 1.64. The third-order valence-corrected chi connectivity index (χ3v) is 6.42. The number of hydrogen-bond donors (Lipinski definition) is 0. The van der Waals surface area contributed by atoms with Gasteiger partial charge < -0.3 is 14.3 Å². The zero-order valence-corrected chi connectivity index (χ0v) is 19.6. The maximum absolute atomic E-state index is 14.1. The maximum atomic E-state index is 14.1. The fourth-order valence-corrected chi connectivity index (χ4v) is 4.88. The van der Waals surface area contributed by atoms with E-state index in [-0.39, 0.29) is 12.5 Å². The average molecular weight is 451 g/mol. The van der Waals surface area contributed by atoms with Gasteiger partial charge in [0.2, 0.25) is 0 Å². The minimum atomic E-state index is -0.827. The van der Waals surface area contributed by atoms with E-state index < -0.39 is 11.7 Å². The van der Waals surface area contributed by atoms with Crippen molar-refractivity contribution in [3.8, 4) is 0 Å². The number of aryl methyl sites for hydroxylation is 2. The molecule has 1 saturated heterocycles. The first-order valence-corrected chi connectivity index (χ1v) is 11.3. The summed E-state index contributed by atoms with van der Waals surface area (Å²) in [6, 6.07) is 15.5. The fourth-order valence-electron chi connectivity index (χ4n) is 4.88. The Morgan fingerprint density at radius 3 is 2.36 bits per heavy atom. The van der Waals surface area contributed by atoms with Crippen LogP contribution in [0.1, 0.15) is 36.5 Å². The molecule has 0 saturated carbocycles. The second-order valence-electron chi connectivity index (χ2n) is 8.43. The minimum absolute atomic E-state index is 0.182. The summed E-state index contributed by atoms with van der Waals surface area (Å²) >= 11 is 0. The van der Waals surface area contributed by atoms with E-state index in [0.29, 0.717) is 37.3 Å². The van der Waals surface area contributed by atoms with E-state index in [1.54, 1.807) is 18.9 Å². The number of hydroxylamine groups is 2. The number of ether oxygens (including phenoxy) is 2. The zero-order valence-electron chi connectivity index (χ0n) is 19.6. The molecule has 1 spiro atoms. The van der Waals surface area contributed by atoms with Gasteiger partial charge in [-0.3, -0.25) is 9.69 Å². The van der Waals surface area contributed by atoms with Crippen LogP contribution in [-0.4, -0.2) is 49.5 Å². The van der Waals surface area contributed by atoms with E-state index in [2.05, 4.69) is 0 Å². The number of anilines is 1. The molecule has 4 rings (SSSR count). The molecule has 0 aliphatic carbocycles. The monoisotopic (exact) mass is 450 g/mol. The van der Waals surface area contributed by atoms with E-state index in [9.17, 15) is 9.59 Å². The summed E-state index contributed by atoms with van der Waals surface area (Å²) in [6.45, 7) is 7.06.